The second-order valence-electron chi connectivity index (χ2n) is 6.59. The van der Waals surface area contributed by atoms with Crippen LogP contribution in [0.1, 0.15) is 36.1 Å². The van der Waals surface area contributed by atoms with Crippen molar-refractivity contribution in [1.82, 2.24) is 14.8 Å². The first-order valence-electron chi connectivity index (χ1n) is 8.77. The van der Waals surface area contributed by atoms with E-state index in [-0.39, 0.29) is 11.0 Å². The number of hydrogen-bond donors (Lipinski definition) is 1. The van der Waals surface area contributed by atoms with E-state index in [9.17, 15) is 9.59 Å². The van der Waals surface area contributed by atoms with Gasteiger partial charge >= 0.3 is 0 Å². The molecule has 0 saturated carbocycles. The van der Waals surface area contributed by atoms with E-state index >= 15 is 0 Å². The molecule has 0 bridgehead atoms. The van der Waals surface area contributed by atoms with E-state index in [0.717, 1.165) is 16.9 Å². The maximum atomic E-state index is 12.9. The molecule has 2 aromatic heterocycles. The summed E-state index contributed by atoms with van der Waals surface area (Å²) in [5, 5.41) is 12.5. The molecule has 0 atom stereocenters. The third kappa shape index (κ3) is 4.00. The summed E-state index contributed by atoms with van der Waals surface area (Å²) in [5.74, 6) is 0.537. The predicted octanol–water partition coefficient (Wildman–Crippen LogP) is 3.33. The molecule has 27 heavy (non-hydrogen) atoms. The van der Waals surface area contributed by atoms with Crippen molar-refractivity contribution in [2.45, 2.75) is 33.7 Å². The molecule has 3 rings (SSSR count). The van der Waals surface area contributed by atoms with Gasteiger partial charge in [-0.2, -0.15) is 0 Å². The molecule has 0 fully saturated rings. The standard InChI is InChI=1S/C19H22N4O3S/c1-5-23-10-14(17(24)13-9-12(26-4)6-7-15(13)23)18(25)20-19-22-21-16(27-19)8-11(2)3/h6-7,9-11H,5,8H2,1-4H3,(H,20,22,25). The quantitative estimate of drug-likeness (QED) is 0.702. The highest BCUT2D eigenvalue weighted by molar-refractivity contribution is 7.15. The maximum Gasteiger partial charge on any atom is 0.262 e. The lowest BCUT2D eigenvalue weighted by Gasteiger charge is -2.12. The van der Waals surface area contributed by atoms with Crippen molar-refractivity contribution in [3.8, 4) is 5.75 Å². The molecule has 0 unspecified atom stereocenters. The van der Waals surface area contributed by atoms with Crippen LogP contribution < -0.4 is 15.5 Å². The summed E-state index contributed by atoms with van der Waals surface area (Å²) in [6, 6.07) is 5.28. The van der Waals surface area contributed by atoms with E-state index < -0.39 is 5.91 Å². The van der Waals surface area contributed by atoms with E-state index in [1.54, 1.807) is 25.4 Å². The van der Waals surface area contributed by atoms with Crippen molar-refractivity contribution in [1.29, 1.82) is 0 Å². The van der Waals surface area contributed by atoms with Crippen LogP contribution in [-0.4, -0.2) is 27.8 Å². The number of nitrogens with zero attached hydrogens (tertiary/aromatic N) is 3. The lowest BCUT2D eigenvalue weighted by Crippen LogP contribution is -2.23. The first kappa shape index (κ1) is 19.0. The third-order valence-corrected chi connectivity index (χ3v) is 5.00. The molecule has 0 aliphatic rings. The van der Waals surface area contributed by atoms with Gasteiger partial charge in [0.15, 0.2) is 0 Å². The molecular weight excluding hydrogens is 364 g/mol. The minimum absolute atomic E-state index is 0.0678. The lowest BCUT2D eigenvalue weighted by molar-refractivity contribution is 0.102. The summed E-state index contributed by atoms with van der Waals surface area (Å²) in [7, 11) is 1.54. The Balaban J connectivity index is 1.97. The Morgan fingerprint density at radius 2 is 2.11 bits per heavy atom. The first-order valence-corrected chi connectivity index (χ1v) is 9.59. The molecule has 3 aromatic rings. The molecule has 2 heterocycles. The number of fused-ring (bicyclic) bond motifs is 1. The Bertz CT molecular complexity index is 1040. The Hall–Kier alpha value is -2.74. The van der Waals surface area contributed by atoms with Crippen molar-refractivity contribution in [3.63, 3.8) is 0 Å². The number of amides is 1. The van der Waals surface area contributed by atoms with Crippen LogP contribution in [0.2, 0.25) is 0 Å². The van der Waals surface area contributed by atoms with Crippen LogP contribution in [0.4, 0.5) is 5.13 Å². The monoisotopic (exact) mass is 386 g/mol. The highest BCUT2D eigenvalue weighted by Crippen LogP contribution is 2.21. The minimum Gasteiger partial charge on any atom is -0.497 e. The van der Waals surface area contributed by atoms with Crippen molar-refractivity contribution >= 4 is 33.3 Å². The molecule has 1 N–H and O–H groups in total. The van der Waals surface area contributed by atoms with Gasteiger partial charge in [-0.3, -0.25) is 14.9 Å². The maximum absolute atomic E-state index is 12.9. The molecule has 0 aliphatic carbocycles. The van der Waals surface area contributed by atoms with Gasteiger partial charge in [0.05, 0.1) is 18.0 Å². The number of carbonyl (C=O) groups is 1. The average molecular weight is 386 g/mol. The number of anilines is 1. The summed E-state index contributed by atoms with van der Waals surface area (Å²) in [6.07, 6.45) is 2.38. The number of ether oxygens (including phenoxy) is 1. The molecule has 0 aliphatic heterocycles. The van der Waals surface area contributed by atoms with Gasteiger partial charge in [-0.05, 0) is 31.0 Å². The topological polar surface area (TPSA) is 86.1 Å². The number of rotatable bonds is 6. The molecule has 8 heteroatoms. The molecule has 1 amide bonds. The molecule has 1 aromatic carbocycles. The van der Waals surface area contributed by atoms with E-state index in [4.69, 9.17) is 4.74 Å². The normalized spacial score (nSPS) is 11.1. The summed E-state index contributed by atoms with van der Waals surface area (Å²) < 4.78 is 7.09. The fraction of sp³-hybridized carbons (Fsp3) is 0.368. The zero-order valence-electron chi connectivity index (χ0n) is 15.8. The van der Waals surface area contributed by atoms with Gasteiger partial charge < -0.3 is 9.30 Å². The summed E-state index contributed by atoms with van der Waals surface area (Å²) >= 11 is 1.33. The van der Waals surface area contributed by atoms with Crippen LogP contribution in [0.25, 0.3) is 10.9 Å². The van der Waals surface area contributed by atoms with E-state index in [2.05, 4.69) is 29.4 Å². The van der Waals surface area contributed by atoms with Gasteiger partial charge in [0.1, 0.15) is 16.3 Å². The van der Waals surface area contributed by atoms with Crippen LogP contribution >= 0.6 is 11.3 Å². The van der Waals surface area contributed by atoms with Crippen LogP contribution in [0, 0.1) is 5.92 Å². The second kappa shape index (κ2) is 7.87. The smallest absolute Gasteiger partial charge is 0.262 e. The lowest BCUT2D eigenvalue weighted by atomic mass is 10.1. The number of hydrogen-bond acceptors (Lipinski definition) is 6. The summed E-state index contributed by atoms with van der Waals surface area (Å²) in [5.41, 5.74) is 0.492. The van der Waals surface area contributed by atoms with Gasteiger partial charge in [-0.1, -0.05) is 25.2 Å². The highest BCUT2D eigenvalue weighted by Gasteiger charge is 2.17. The SMILES string of the molecule is CCn1cc(C(=O)Nc2nnc(CC(C)C)s2)c(=O)c2cc(OC)ccc21. The fourth-order valence-corrected chi connectivity index (χ4v) is 3.77. The van der Waals surface area contributed by atoms with Crippen LogP contribution in [-0.2, 0) is 13.0 Å². The van der Waals surface area contributed by atoms with Gasteiger partial charge in [0, 0.05) is 19.2 Å². The zero-order chi connectivity index (χ0) is 19.6. The number of methoxy groups -OCH3 is 1. The fourth-order valence-electron chi connectivity index (χ4n) is 2.83. The minimum atomic E-state index is -0.487. The highest BCUT2D eigenvalue weighted by atomic mass is 32.1. The molecule has 7 nitrogen and oxygen atoms in total. The Morgan fingerprint density at radius 1 is 1.33 bits per heavy atom. The van der Waals surface area contributed by atoms with Crippen molar-refractivity contribution in [2.75, 3.05) is 12.4 Å². The van der Waals surface area contributed by atoms with Crippen LogP contribution in [0.3, 0.4) is 0 Å². The van der Waals surface area contributed by atoms with Gasteiger partial charge in [-0.25, -0.2) is 0 Å². The number of aryl methyl sites for hydroxylation is 1. The molecule has 0 saturated heterocycles. The van der Waals surface area contributed by atoms with Gasteiger partial charge in [-0.15, -0.1) is 10.2 Å². The number of aromatic nitrogens is 3. The predicted molar refractivity (Wildman–Crippen MR) is 107 cm³/mol. The number of nitrogens with one attached hydrogen (secondary N) is 1. The molecule has 0 radical (unpaired) electrons. The zero-order valence-corrected chi connectivity index (χ0v) is 16.6. The molecular formula is C19H22N4O3S. The Kier molecular flexibility index (Phi) is 5.55. The van der Waals surface area contributed by atoms with Crippen LogP contribution in [0.5, 0.6) is 5.75 Å². The largest absolute Gasteiger partial charge is 0.497 e. The third-order valence-electron chi connectivity index (χ3n) is 4.14. The Morgan fingerprint density at radius 3 is 2.78 bits per heavy atom. The Labute approximate surface area is 161 Å². The average Bonchev–Trinajstić information content (AvgIpc) is 3.07. The van der Waals surface area contributed by atoms with Crippen LogP contribution in [0.15, 0.2) is 29.2 Å². The van der Waals surface area contributed by atoms with Crippen molar-refractivity contribution in [3.05, 3.63) is 45.2 Å². The number of benzene rings is 1. The van der Waals surface area contributed by atoms with Crippen molar-refractivity contribution in [2.24, 2.45) is 5.92 Å². The first-order chi connectivity index (χ1) is 12.9. The second-order valence-corrected chi connectivity index (χ2v) is 7.66. The van der Waals surface area contributed by atoms with E-state index in [0.29, 0.717) is 28.7 Å². The number of pyridine rings is 1. The molecule has 142 valence electrons. The molecule has 0 spiro atoms. The van der Waals surface area contributed by atoms with Gasteiger partial charge in [0.25, 0.3) is 5.91 Å². The van der Waals surface area contributed by atoms with Gasteiger partial charge in [0.2, 0.25) is 10.6 Å². The van der Waals surface area contributed by atoms with Crippen molar-refractivity contribution < 1.29 is 9.53 Å². The summed E-state index contributed by atoms with van der Waals surface area (Å²) in [6.45, 7) is 6.77. The summed E-state index contributed by atoms with van der Waals surface area (Å²) in [4.78, 5) is 25.6. The van der Waals surface area contributed by atoms with E-state index in [1.165, 1.54) is 11.3 Å². The number of carbonyl (C=O) groups excluding carboxylic acids is 1. The van der Waals surface area contributed by atoms with E-state index in [1.807, 2.05) is 17.6 Å².